The molecule has 1 saturated heterocycles. The van der Waals surface area contributed by atoms with Crippen molar-refractivity contribution in [2.24, 2.45) is 5.73 Å². The van der Waals surface area contributed by atoms with E-state index in [0.717, 1.165) is 6.26 Å². The van der Waals surface area contributed by atoms with Crippen LogP contribution in [0.25, 0.3) is 0 Å². The highest BCUT2D eigenvalue weighted by atomic mass is 32.2. The second-order valence-electron chi connectivity index (χ2n) is 4.49. The van der Waals surface area contributed by atoms with E-state index >= 15 is 0 Å². The van der Waals surface area contributed by atoms with Crippen LogP contribution in [0.1, 0.15) is 12.8 Å². The monoisotopic (exact) mass is 277 g/mol. The first-order valence-electron chi connectivity index (χ1n) is 5.78. The summed E-state index contributed by atoms with van der Waals surface area (Å²) in [4.78, 5) is 24.6. The number of sulfone groups is 1. The van der Waals surface area contributed by atoms with Crippen LogP contribution in [0.15, 0.2) is 0 Å². The Kier molecular flexibility index (Phi) is 5.09. The van der Waals surface area contributed by atoms with Gasteiger partial charge in [-0.1, -0.05) is 0 Å². The van der Waals surface area contributed by atoms with Crippen LogP contribution in [0.2, 0.25) is 0 Å². The van der Waals surface area contributed by atoms with E-state index in [1.807, 2.05) is 0 Å². The van der Waals surface area contributed by atoms with Crippen molar-refractivity contribution < 1.29 is 18.0 Å². The molecule has 104 valence electrons. The molecule has 7 nitrogen and oxygen atoms in total. The van der Waals surface area contributed by atoms with E-state index in [0.29, 0.717) is 19.5 Å². The van der Waals surface area contributed by atoms with Crippen LogP contribution in [0.5, 0.6) is 0 Å². The normalized spacial score (nSPS) is 19.0. The molecular formula is C10H19N3O4S. The molecule has 0 spiro atoms. The van der Waals surface area contributed by atoms with Crippen LogP contribution in [0, 0.1) is 0 Å². The minimum Gasteiger partial charge on any atom is -0.354 e. The van der Waals surface area contributed by atoms with Crippen molar-refractivity contribution in [2.45, 2.75) is 18.9 Å². The van der Waals surface area contributed by atoms with Gasteiger partial charge in [-0.25, -0.2) is 8.42 Å². The molecule has 18 heavy (non-hydrogen) atoms. The topological polar surface area (TPSA) is 110 Å². The van der Waals surface area contributed by atoms with Gasteiger partial charge in [0.1, 0.15) is 9.84 Å². The summed E-state index contributed by atoms with van der Waals surface area (Å²) in [7, 11) is -3.13. The lowest BCUT2D eigenvalue weighted by atomic mass is 10.2. The van der Waals surface area contributed by atoms with E-state index in [4.69, 9.17) is 5.73 Å². The van der Waals surface area contributed by atoms with Gasteiger partial charge < -0.3 is 16.0 Å². The number of nitrogens with zero attached hydrogens (tertiary/aromatic N) is 1. The third-order valence-electron chi connectivity index (χ3n) is 2.69. The summed E-state index contributed by atoms with van der Waals surface area (Å²) in [5.41, 5.74) is 5.66. The van der Waals surface area contributed by atoms with Crippen LogP contribution in [-0.2, 0) is 19.4 Å². The Morgan fingerprint density at radius 3 is 2.83 bits per heavy atom. The molecule has 2 amide bonds. The summed E-state index contributed by atoms with van der Waals surface area (Å²) in [5.74, 6) is -0.702. The van der Waals surface area contributed by atoms with Gasteiger partial charge in [-0.3, -0.25) is 9.59 Å². The van der Waals surface area contributed by atoms with E-state index in [2.05, 4.69) is 5.32 Å². The fourth-order valence-corrected chi connectivity index (χ4v) is 2.38. The highest BCUT2D eigenvalue weighted by Gasteiger charge is 2.25. The summed E-state index contributed by atoms with van der Waals surface area (Å²) in [6.45, 7) is 0.997. The molecule has 0 aliphatic carbocycles. The van der Waals surface area contributed by atoms with Gasteiger partial charge in [0.15, 0.2) is 0 Å². The fraction of sp³-hybridized carbons (Fsp3) is 0.800. The first-order chi connectivity index (χ1) is 8.29. The molecular weight excluding hydrogens is 258 g/mol. The maximum Gasteiger partial charge on any atom is 0.239 e. The molecule has 0 aromatic heterocycles. The van der Waals surface area contributed by atoms with E-state index in [-0.39, 0.29) is 30.5 Å². The summed E-state index contributed by atoms with van der Waals surface area (Å²) in [5, 5.41) is 2.66. The average Bonchev–Trinajstić information content (AvgIpc) is 2.48. The molecule has 1 heterocycles. The van der Waals surface area contributed by atoms with Crippen molar-refractivity contribution in [1.29, 1.82) is 0 Å². The van der Waals surface area contributed by atoms with Crippen LogP contribution >= 0.6 is 0 Å². The molecule has 8 heteroatoms. The SMILES string of the molecule is CS(=O)(=O)CCC(N)C(=O)N1CCCNC(=O)C1. The van der Waals surface area contributed by atoms with Crippen molar-refractivity contribution in [3.63, 3.8) is 0 Å². The summed E-state index contributed by atoms with van der Waals surface area (Å²) in [6, 6.07) is -0.870. The first-order valence-corrected chi connectivity index (χ1v) is 7.84. The van der Waals surface area contributed by atoms with E-state index < -0.39 is 15.9 Å². The number of amides is 2. The average molecular weight is 277 g/mol. The molecule has 1 unspecified atom stereocenters. The van der Waals surface area contributed by atoms with Crippen molar-refractivity contribution in [2.75, 3.05) is 31.6 Å². The van der Waals surface area contributed by atoms with Gasteiger partial charge in [-0.15, -0.1) is 0 Å². The van der Waals surface area contributed by atoms with Gasteiger partial charge in [0, 0.05) is 19.3 Å². The van der Waals surface area contributed by atoms with Crippen molar-refractivity contribution in [3.8, 4) is 0 Å². The number of carbonyl (C=O) groups excluding carboxylic acids is 2. The number of nitrogens with one attached hydrogen (secondary N) is 1. The van der Waals surface area contributed by atoms with Gasteiger partial charge >= 0.3 is 0 Å². The molecule has 1 aliphatic heterocycles. The van der Waals surface area contributed by atoms with Gasteiger partial charge in [0.2, 0.25) is 11.8 Å². The number of hydrogen-bond acceptors (Lipinski definition) is 5. The maximum atomic E-state index is 11.9. The van der Waals surface area contributed by atoms with Crippen LogP contribution in [0.4, 0.5) is 0 Å². The van der Waals surface area contributed by atoms with Gasteiger partial charge in [-0.2, -0.15) is 0 Å². The van der Waals surface area contributed by atoms with Crippen LogP contribution < -0.4 is 11.1 Å². The second kappa shape index (κ2) is 6.14. The highest BCUT2D eigenvalue weighted by molar-refractivity contribution is 7.90. The smallest absolute Gasteiger partial charge is 0.239 e. The number of hydrogen-bond donors (Lipinski definition) is 2. The quantitative estimate of drug-likeness (QED) is 0.623. The minimum atomic E-state index is -3.13. The molecule has 1 aliphatic rings. The van der Waals surface area contributed by atoms with Gasteiger partial charge in [-0.05, 0) is 12.8 Å². The molecule has 1 atom stereocenters. The third kappa shape index (κ3) is 5.01. The lowest BCUT2D eigenvalue weighted by Gasteiger charge is -2.22. The minimum absolute atomic E-state index is 0.00852. The number of nitrogens with two attached hydrogens (primary N) is 1. The molecule has 0 radical (unpaired) electrons. The first kappa shape index (κ1) is 14.9. The molecule has 0 bridgehead atoms. The fourth-order valence-electron chi connectivity index (χ4n) is 1.69. The Balaban J connectivity index is 2.54. The zero-order valence-corrected chi connectivity index (χ0v) is 11.2. The molecule has 0 aromatic carbocycles. The summed E-state index contributed by atoms with van der Waals surface area (Å²) < 4.78 is 22.0. The molecule has 0 saturated carbocycles. The standard InChI is InChI=1S/C10H19N3O4S/c1-18(16,17)6-3-8(11)10(15)13-5-2-4-12-9(14)7-13/h8H,2-7,11H2,1H3,(H,12,14). The van der Waals surface area contributed by atoms with E-state index in [9.17, 15) is 18.0 Å². The van der Waals surface area contributed by atoms with Crippen molar-refractivity contribution in [1.82, 2.24) is 10.2 Å². The molecule has 3 N–H and O–H groups in total. The Bertz CT molecular complexity index is 421. The lowest BCUT2D eigenvalue weighted by Crippen LogP contribution is -2.46. The summed E-state index contributed by atoms with van der Waals surface area (Å²) >= 11 is 0. The largest absolute Gasteiger partial charge is 0.354 e. The lowest BCUT2D eigenvalue weighted by molar-refractivity contribution is -0.136. The number of rotatable bonds is 4. The third-order valence-corrected chi connectivity index (χ3v) is 3.67. The second-order valence-corrected chi connectivity index (χ2v) is 6.75. The number of carbonyl (C=O) groups is 2. The highest BCUT2D eigenvalue weighted by Crippen LogP contribution is 2.03. The Morgan fingerprint density at radius 2 is 2.22 bits per heavy atom. The predicted octanol–water partition coefficient (Wildman–Crippen LogP) is -1.90. The molecule has 1 rings (SSSR count). The molecule has 1 fully saturated rings. The maximum absolute atomic E-state index is 11.9. The predicted molar refractivity (Wildman–Crippen MR) is 66.5 cm³/mol. The molecule has 0 aromatic rings. The Morgan fingerprint density at radius 1 is 1.56 bits per heavy atom. The van der Waals surface area contributed by atoms with Crippen molar-refractivity contribution in [3.05, 3.63) is 0 Å². The van der Waals surface area contributed by atoms with Crippen LogP contribution in [0.3, 0.4) is 0 Å². The Labute approximate surface area is 107 Å². The van der Waals surface area contributed by atoms with E-state index in [1.54, 1.807) is 0 Å². The van der Waals surface area contributed by atoms with Gasteiger partial charge in [0.05, 0.1) is 18.3 Å². The van der Waals surface area contributed by atoms with Crippen molar-refractivity contribution >= 4 is 21.7 Å². The van der Waals surface area contributed by atoms with E-state index in [1.165, 1.54) is 4.90 Å². The zero-order valence-electron chi connectivity index (χ0n) is 10.4. The van der Waals surface area contributed by atoms with Crippen LogP contribution in [-0.4, -0.2) is 62.8 Å². The Hall–Kier alpha value is -1.15. The van der Waals surface area contributed by atoms with Gasteiger partial charge in [0.25, 0.3) is 0 Å². The summed E-state index contributed by atoms with van der Waals surface area (Å²) in [6.07, 6.45) is 1.86. The zero-order chi connectivity index (χ0) is 13.8.